The van der Waals surface area contributed by atoms with E-state index in [-0.39, 0.29) is 34.2 Å². The molecule has 8 nitrogen and oxygen atoms in total. The summed E-state index contributed by atoms with van der Waals surface area (Å²) in [6.07, 6.45) is 0.0175. The number of anilines is 1. The number of carbonyl (C=O) groups is 2. The fraction of sp³-hybridized carbons (Fsp3) is 0.333. The van der Waals surface area contributed by atoms with E-state index in [1.54, 1.807) is 13.0 Å². The second kappa shape index (κ2) is 8.76. The summed E-state index contributed by atoms with van der Waals surface area (Å²) in [6.45, 7) is 3.64. The minimum atomic E-state index is -4.20. The molecule has 1 saturated heterocycles. The van der Waals surface area contributed by atoms with Gasteiger partial charge in [-0.2, -0.15) is 0 Å². The molecule has 0 radical (unpaired) electrons. The molecular weight excluding hydrogens is 444 g/mol. The van der Waals surface area contributed by atoms with Gasteiger partial charge in [-0.15, -0.1) is 0 Å². The summed E-state index contributed by atoms with van der Waals surface area (Å²) in [5.41, 5.74) is 1.93. The smallest absolute Gasteiger partial charge is 0.267 e. The third-order valence-electron chi connectivity index (χ3n) is 5.23. The van der Waals surface area contributed by atoms with Crippen molar-refractivity contribution >= 4 is 39.1 Å². The van der Waals surface area contributed by atoms with E-state index in [0.29, 0.717) is 10.1 Å². The van der Waals surface area contributed by atoms with Crippen LogP contribution in [0.1, 0.15) is 24.0 Å². The van der Waals surface area contributed by atoms with Gasteiger partial charge in [0, 0.05) is 12.5 Å². The molecule has 1 unspecified atom stereocenters. The number of hydrogen-bond acceptors (Lipinski definition) is 6. The van der Waals surface area contributed by atoms with Crippen molar-refractivity contribution in [2.24, 2.45) is 0 Å². The third-order valence-corrected chi connectivity index (χ3v) is 7.35. The third kappa shape index (κ3) is 4.33. The van der Waals surface area contributed by atoms with Crippen LogP contribution >= 0.6 is 11.6 Å². The van der Waals surface area contributed by atoms with Crippen molar-refractivity contribution in [3.8, 4) is 11.5 Å². The first-order valence-electron chi connectivity index (χ1n) is 9.47. The molecule has 0 saturated carbocycles. The molecular formula is C21H23ClN2O6S. The van der Waals surface area contributed by atoms with E-state index in [1.165, 1.54) is 38.5 Å². The van der Waals surface area contributed by atoms with Crippen molar-refractivity contribution in [3.05, 3.63) is 46.5 Å². The van der Waals surface area contributed by atoms with E-state index in [0.717, 1.165) is 11.1 Å². The number of carbonyl (C=O) groups excluding carboxylic acids is 2. The van der Waals surface area contributed by atoms with Gasteiger partial charge in [-0.1, -0.05) is 17.7 Å². The average molecular weight is 467 g/mol. The fourth-order valence-electron chi connectivity index (χ4n) is 3.36. The van der Waals surface area contributed by atoms with Crippen LogP contribution in [0, 0.1) is 13.8 Å². The second-order valence-corrected chi connectivity index (χ2v) is 9.39. The minimum absolute atomic E-state index is 0.0336. The molecule has 2 aromatic rings. The summed E-state index contributed by atoms with van der Waals surface area (Å²) in [6, 6.07) is 6.35. The Morgan fingerprint density at radius 2 is 1.77 bits per heavy atom. The number of amides is 2. The van der Waals surface area contributed by atoms with E-state index in [9.17, 15) is 18.0 Å². The number of halogens is 1. The van der Waals surface area contributed by atoms with E-state index < -0.39 is 27.9 Å². The van der Waals surface area contributed by atoms with Crippen LogP contribution in [0.2, 0.25) is 5.02 Å². The van der Waals surface area contributed by atoms with Crippen LogP contribution in [0.15, 0.2) is 35.2 Å². The molecule has 0 bridgehead atoms. The van der Waals surface area contributed by atoms with Gasteiger partial charge in [0.2, 0.25) is 11.8 Å². The van der Waals surface area contributed by atoms with Crippen molar-refractivity contribution in [1.29, 1.82) is 0 Å². The number of nitrogens with zero attached hydrogens (tertiary/aromatic N) is 1. The van der Waals surface area contributed by atoms with Gasteiger partial charge in [-0.05, 0) is 49.6 Å². The summed E-state index contributed by atoms with van der Waals surface area (Å²) in [7, 11) is -1.35. The average Bonchev–Trinajstić information content (AvgIpc) is 3.12. The molecule has 0 aromatic heterocycles. The Hall–Kier alpha value is -2.78. The SMILES string of the molecule is COc1cc(OC)c(NC(=O)C2CCC(=O)N2S(=O)(=O)c2ccc(C)c(C)c2)cc1Cl. The van der Waals surface area contributed by atoms with Gasteiger partial charge in [-0.25, -0.2) is 12.7 Å². The highest BCUT2D eigenvalue weighted by atomic mass is 35.5. The highest BCUT2D eigenvalue weighted by molar-refractivity contribution is 7.89. The molecule has 31 heavy (non-hydrogen) atoms. The van der Waals surface area contributed by atoms with Crippen LogP contribution in [-0.2, 0) is 19.6 Å². The normalized spacial score (nSPS) is 16.4. The van der Waals surface area contributed by atoms with Crippen LogP contribution in [0.4, 0.5) is 5.69 Å². The number of rotatable bonds is 6. The topological polar surface area (TPSA) is 102 Å². The number of methoxy groups -OCH3 is 2. The van der Waals surface area contributed by atoms with Gasteiger partial charge in [0.05, 0.1) is 29.8 Å². The van der Waals surface area contributed by atoms with Crippen LogP contribution in [0.5, 0.6) is 11.5 Å². The van der Waals surface area contributed by atoms with Gasteiger partial charge in [0.1, 0.15) is 17.5 Å². The molecule has 1 fully saturated rings. The van der Waals surface area contributed by atoms with Crippen molar-refractivity contribution in [1.82, 2.24) is 4.31 Å². The van der Waals surface area contributed by atoms with Gasteiger partial charge >= 0.3 is 0 Å². The lowest BCUT2D eigenvalue weighted by molar-refractivity contribution is -0.128. The first-order chi connectivity index (χ1) is 14.6. The Balaban J connectivity index is 1.93. The molecule has 1 N–H and O–H groups in total. The molecule has 10 heteroatoms. The largest absolute Gasteiger partial charge is 0.495 e. The van der Waals surface area contributed by atoms with Crippen molar-refractivity contribution in [2.45, 2.75) is 37.6 Å². The number of benzene rings is 2. The zero-order chi connectivity index (χ0) is 22.9. The Labute approximate surface area is 186 Å². The predicted octanol–water partition coefficient (Wildman–Crippen LogP) is 3.29. The lowest BCUT2D eigenvalue weighted by Gasteiger charge is -2.24. The van der Waals surface area contributed by atoms with Crippen molar-refractivity contribution < 1.29 is 27.5 Å². The lowest BCUT2D eigenvalue weighted by Crippen LogP contribution is -2.45. The molecule has 0 aliphatic carbocycles. The monoisotopic (exact) mass is 466 g/mol. The molecule has 3 rings (SSSR count). The summed E-state index contributed by atoms with van der Waals surface area (Å²) in [5.74, 6) is -0.648. The molecule has 1 atom stereocenters. The summed E-state index contributed by atoms with van der Waals surface area (Å²) >= 11 is 6.14. The molecule has 1 aliphatic rings. The van der Waals surface area contributed by atoms with E-state index in [1.807, 2.05) is 6.92 Å². The van der Waals surface area contributed by atoms with Gasteiger partial charge in [-0.3, -0.25) is 9.59 Å². The maximum atomic E-state index is 13.2. The molecule has 2 amide bonds. The number of ether oxygens (including phenoxy) is 2. The number of nitrogens with one attached hydrogen (secondary N) is 1. The summed E-state index contributed by atoms with van der Waals surface area (Å²) in [5, 5.41) is 2.86. The fourth-order valence-corrected chi connectivity index (χ4v) is 5.29. The molecule has 166 valence electrons. The van der Waals surface area contributed by atoms with Crippen LogP contribution in [0.25, 0.3) is 0 Å². The molecule has 0 spiro atoms. The Morgan fingerprint density at radius 3 is 2.39 bits per heavy atom. The number of hydrogen-bond donors (Lipinski definition) is 1. The quantitative estimate of drug-likeness (QED) is 0.700. The standard InChI is InChI=1S/C21H23ClN2O6S/c1-12-5-6-14(9-13(12)2)31(27,28)24-17(7-8-20(24)25)21(26)23-16-10-15(22)18(29-3)11-19(16)30-4/h5-6,9-11,17H,7-8H2,1-4H3,(H,23,26). The van der Waals surface area contributed by atoms with Crippen LogP contribution < -0.4 is 14.8 Å². The Kier molecular flexibility index (Phi) is 6.47. The maximum absolute atomic E-state index is 13.2. The van der Waals surface area contributed by atoms with Crippen LogP contribution in [-0.4, -0.2) is 44.8 Å². The minimum Gasteiger partial charge on any atom is -0.495 e. The summed E-state index contributed by atoms with van der Waals surface area (Å²) < 4.78 is 37.5. The van der Waals surface area contributed by atoms with E-state index >= 15 is 0 Å². The zero-order valence-corrected chi connectivity index (χ0v) is 19.1. The van der Waals surface area contributed by atoms with Gasteiger partial charge < -0.3 is 14.8 Å². The zero-order valence-electron chi connectivity index (χ0n) is 17.6. The van der Waals surface area contributed by atoms with Gasteiger partial charge in [0.25, 0.3) is 10.0 Å². The molecule has 2 aromatic carbocycles. The maximum Gasteiger partial charge on any atom is 0.267 e. The molecule has 1 heterocycles. The van der Waals surface area contributed by atoms with Gasteiger partial charge in [0.15, 0.2) is 0 Å². The highest BCUT2D eigenvalue weighted by Crippen LogP contribution is 2.37. The highest BCUT2D eigenvalue weighted by Gasteiger charge is 2.44. The second-order valence-electron chi connectivity index (χ2n) is 7.17. The lowest BCUT2D eigenvalue weighted by atomic mass is 10.1. The first-order valence-corrected chi connectivity index (χ1v) is 11.3. The predicted molar refractivity (Wildman–Crippen MR) is 116 cm³/mol. The molecule has 1 aliphatic heterocycles. The van der Waals surface area contributed by atoms with E-state index in [4.69, 9.17) is 21.1 Å². The van der Waals surface area contributed by atoms with E-state index in [2.05, 4.69) is 5.32 Å². The number of aryl methyl sites for hydroxylation is 2. The first kappa shape index (κ1) is 22.9. The van der Waals surface area contributed by atoms with Crippen molar-refractivity contribution in [2.75, 3.05) is 19.5 Å². The van der Waals surface area contributed by atoms with Crippen LogP contribution in [0.3, 0.4) is 0 Å². The van der Waals surface area contributed by atoms with Crippen molar-refractivity contribution in [3.63, 3.8) is 0 Å². The Bertz CT molecular complexity index is 1150. The number of sulfonamides is 1. The summed E-state index contributed by atoms with van der Waals surface area (Å²) in [4.78, 5) is 25.4. The Morgan fingerprint density at radius 1 is 1.10 bits per heavy atom.